The highest BCUT2D eigenvalue weighted by molar-refractivity contribution is 5.80. The van der Waals surface area contributed by atoms with Gasteiger partial charge in [0.1, 0.15) is 5.52 Å². The fourth-order valence-electron chi connectivity index (χ4n) is 3.06. The van der Waals surface area contributed by atoms with Crippen LogP contribution in [0.15, 0.2) is 47.0 Å². The fraction of sp³-hybridized carbons (Fsp3) is 0.300. The number of aliphatic hydroxyl groups is 1. The molecule has 0 atom stereocenters. The number of aliphatic hydroxyl groups excluding tert-OH is 1. The first-order valence-corrected chi connectivity index (χ1v) is 8.92. The first-order chi connectivity index (χ1) is 13.0. The van der Waals surface area contributed by atoms with Crippen molar-refractivity contribution in [2.75, 3.05) is 6.61 Å². The third-order valence-electron chi connectivity index (χ3n) is 4.72. The molecule has 0 fully saturated rings. The van der Waals surface area contributed by atoms with E-state index in [1.54, 1.807) is 4.68 Å². The molecule has 2 aromatic heterocycles. The molecule has 7 heteroatoms. The molecule has 7 nitrogen and oxygen atoms in total. The van der Waals surface area contributed by atoms with Crippen molar-refractivity contribution in [3.05, 3.63) is 48.0 Å². The van der Waals surface area contributed by atoms with Crippen molar-refractivity contribution in [3.8, 4) is 22.8 Å². The lowest BCUT2D eigenvalue weighted by Gasteiger charge is -2.22. The maximum atomic E-state index is 9.59. The van der Waals surface area contributed by atoms with E-state index in [0.717, 1.165) is 28.6 Å². The van der Waals surface area contributed by atoms with Crippen molar-refractivity contribution in [1.82, 2.24) is 25.1 Å². The van der Waals surface area contributed by atoms with Crippen LogP contribution in [0, 0.1) is 0 Å². The molecule has 4 aromatic rings. The zero-order valence-electron chi connectivity index (χ0n) is 15.5. The lowest BCUT2D eigenvalue weighted by Crippen LogP contribution is -2.31. The molecule has 0 aliphatic rings. The van der Waals surface area contributed by atoms with Crippen LogP contribution in [0.3, 0.4) is 0 Å². The number of nitrogens with zero attached hydrogens (tertiary/aromatic N) is 5. The Morgan fingerprint density at radius 3 is 2.74 bits per heavy atom. The standard InChI is InChI=1S/C20H21N5O2/c1-4-13-7-5-6-8-15(13)19-21-18(23-27-19)14-9-10-17-16(11-14)22-24-25(17)20(2,3)12-26/h5-11,26H,4,12H2,1-3H3. The molecule has 27 heavy (non-hydrogen) atoms. The molecule has 0 spiro atoms. The van der Waals surface area contributed by atoms with Crippen LogP contribution >= 0.6 is 0 Å². The molecule has 138 valence electrons. The average Bonchev–Trinajstić information content (AvgIpc) is 3.35. The van der Waals surface area contributed by atoms with Gasteiger partial charge in [-0.2, -0.15) is 4.98 Å². The molecule has 0 saturated carbocycles. The number of benzene rings is 2. The van der Waals surface area contributed by atoms with Crippen molar-refractivity contribution in [2.24, 2.45) is 0 Å². The first kappa shape index (κ1) is 17.4. The van der Waals surface area contributed by atoms with E-state index in [4.69, 9.17) is 4.52 Å². The van der Waals surface area contributed by atoms with E-state index < -0.39 is 5.54 Å². The van der Waals surface area contributed by atoms with E-state index in [2.05, 4.69) is 33.4 Å². The Balaban J connectivity index is 1.73. The number of hydrogen-bond donors (Lipinski definition) is 1. The summed E-state index contributed by atoms with van der Waals surface area (Å²) in [6.07, 6.45) is 0.892. The summed E-state index contributed by atoms with van der Waals surface area (Å²) in [5.41, 5.74) is 3.96. The van der Waals surface area contributed by atoms with Crippen molar-refractivity contribution in [1.29, 1.82) is 0 Å². The lowest BCUT2D eigenvalue weighted by atomic mass is 10.1. The van der Waals surface area contributed by atoms with Gasteiger partial charge in [-0.15, -0.1) is 5.10 Å². The molecule has 0 saturated heterocycles. The third kappa shape index (κ3) is 3.00. The predicted octanol–water partition coefficient (Wildman–Crippen LogP) is 3.44. The van der Waals surface area contributed by atoms with Gasteiger partial charge in [-0.05, 0) is 50.1 Å². The van der Waals surface area contributed by atoms with Crippen molar-refractivity contribution in [3.63, 3.8) is 0 Å². The second-order valence-electron chi connectivity index (χ2n) is 7.11. The van der Waals surface area contributed by atoms with Gasteiger partial charge in [-0.3, -0.25) is 0 Å². The molecule has 4 rings (SSSR count). The average molecular weight is 363 g/mol. The molecule has 0 unspecified atom stereocenters. The Kier molecular flexibility index (Phi) is 4.24. The fourth-order valence-corrected chi connectivity index (χ4v) is 3.06. The first-order valence-electron chi connectivity index (χ1n) is 8.92. The topological polar surface area (TPSA) is 89.9 Å². The van der Waals surface area contributed by atoms with Crippen molar-refractivity contribution in [2.45, 2.75) is 32.7 Å². The third-order valence-corrected chi connectivity index (χ3v) is 4.72. The summed E-state index contributed by atoms with van der Waals surface area (Å²) in [5, 5.41) is 22.1. The highest BCUT2D eigenvalue weighted by Crippen LogP contribution is 2.28. The van der Waals surface area contributed by atoms with Gasteiger partial charge in [-0.1, -0.05) is 35.5 Å². The quantitative estimate of drug-likeness (QED) is 0.584. The number of rotatable bonds is 5. The predicted molar refractivity (Wildman–Crippen MR) is 102 cm³/mol. The van der Waals surface area contributed by atoms with Crippen molar-refractivity contribution < 1.29 is 9.63 Å². The lowest BCUT2D eigenvalue weighted by molar-refractivity contribution is 0.154. The highest BCUT2D eigenvalue weighted by atomic mass is 16.5. The van der Waals surface area contributed by atoms with E-state index in [1.165, 1.54) is 0 Å². The number of aromatic nitrogens is 5. The second kappa shape index (κ2) is 6.59. The van der Waals surface area contributed by atoms with Crippen LogP contribution in [0.1, 0.15) is 26.3 Å². The Bertz CT molecular complexity index is 1100. The van der Waals surface area contributed by atoms with Gasteiger partial charge in [-0.25, -0.2) is 4.68 Å². The minimum atomic E-state index is -0.528. The summed E-state index contributed by atoms with van der Waals surface area (Å²) in [6.45, 7) is 5.89. The minimum Gasteiger partial charge on any atom is -0.394 e. The molecule has 0 aliphatic carbocycles. The van der Waals surface area contributed by atoms with Crippen LogP contribution in [0.4, 0.5) is 0 Å². The molecule has 0 amide bonds. The summed E-state index contributed by atoms with van der Waals surface area (Å²) in [6, 6.07) is 13.7. The Hall–Kier alpha value is -3.06. The van der Waals surface area contributed by atoms with Gasteiger partial charge >= 0.3 is 0 Å². The number of hydrogen-bond acceptors (Lipinski definition) is 6. The van der Waals surface area contributed by atoms with Crippen LogP contribution in [0.5, 0.6) is 0 Å². The van der Waals surface area contributed by atoms with Gasteiger partial charge in [0.05, 0.1) is 17.7 Å². The summed E-state index contributed by atoms with van der Waals surface area (Å²) >= 11 is 0. The second-order valence-corrected chi connectivity index (χ2v) is 7.11. The number of fused-ring (bicyclic) bond motifs is 1. The van der Waals surface area contributed by atoms with E-state index >= 15 is 0 Å². The van der Waals surface area contributed by atoms with Crippen molar-refractivity contribution >= 4 is 11.0 Å². The van der Waals surface area contributed by atoms with Crippen LogP contribution in [0.2, 0.25) is 0 Å². The molecule has 0 radical (unpaired) electrons. The van der Waals surface area contributed by atoms with Crippen LogP contribution in [0.25, 0.3) is 33.9 Å². The largest absolute Gasteiger partial charge is 0.394 e. The minimum absolute atomic E-state index is 0.0295. The molecule has 0 bridgehead atoms. The van der Waals surface area contributed by atoms with Crippen LogP contribution in [-0.4, -0.2) is 36.8 Å². The summed E-state index contributed by atoms with van der Waals surface area (Å²) in [5.74, 6) is 1.02. The Morgan fingerprint density at radius 1 is 1.15 bits per heavy atom. The van der Waals surface area contributed by atoms with Gasteiger partial charge in [0, 0.05) is 11.1 Å². The molecule has 1 N–H and O–H groups in total. The SMILES string of the molecule is CCc1ccccc1-c1nc(-c2ccc3c(c2)nnn3C(C)(C)CO)no1. The zero-order valence-corrected chi connectivity index (χ0v) is 15.5. The van der Waals surface area contributed by atoms with E-state index in [0.29, 0.717) is 17.2 Å². The van der Waals surface area contributed by atoms with E-state index in [1.807, 2.05) is 50.2 Å². The monoisotopic (exact) mass is 363 g/mol. The molecular formula is C20H21N5O2. The van der Waals surface area contributed by atoms with Crippen LogP contribution in [-0.2, 0) is 12.0 Å². The number of aryl methyl sites for hydroxylation is 1. The van der Waals surface area contributed by atoms with Crippen LogP contribution < -0.4 is 0 Å². The van der Waals surface area contributed by atoms with E-state index in [-0.39, 0.29) is 6.61 Å². The molecule has 2 heterocycles. The van der Waals surface area contributed by atoms with Gasteiger partial charge in [0.25, 0.3) is 5.89 Å². The summed E-state index contributed by atoms with van der Waals surface area (Å²) in [4.78, 5) is 4.57. The highest BCUT2D eigenvalue weighted by Gasteiger charge is 2.23. The van der Waals surface area contributed by atoms with Gasteiger partial charge in [0.15, 0.2) is 0 Å². The van der Waals surface area contributed by atoms with Gasteiger partial charge in [0.2, 0.25) is 5.82 Å². The molecule has 2 aromatic carbocycles. The Morgan fingerprint density at radius 2 is 1.96 bits per heavy atom. The maximum Gasteiger partial charge on any atom is 0.258 e. The Labute approximate surface area is 156 Å². The smallest absolute Gasteiger partial charge is 0.258 e. The zero-order chi connectivity index (χ0) is 19.0. The molecule has 0 aliphatic heterocycles. The summed E-state index contributed by atoms with van der Waals surface area (Å²) in [7, 11) is 0. The maximum absolute atomic E-state index is 9.59. The van der Waals surface area contributed by atoms with Gasteiger partial charge < -0.3 is 9.63 Å². The molecular weight excluding hydrogens is 342 g/mol. The normalized spacial score (nSPS) is 12.0. The summed E-state index contributed by atoms with van der Waals surface area (Å²) < 4.78 is 7.23. The van der Waals surface area contributed by atoms with E-state index in [9.17, 15) is 5.11 Å².